The maximum Gasteiger partial charge on any atom is 0.156 e. The van der Waals surface area contributed by atoms with E-state index in [0.29, 0.717) is 31.3 Å². The molecule has 0 amide bonds. The highest BCUT2D eigenvalue weighted by molar-refractivity contribution is 5.93. The molecule has 0 radical (unpaired) electrons. The number of carbonyl (C=O) groups excluding carboxylic acids is 1. The second-order valence-electron chi connectivity index (χ2n) is 10.3. The molecule has 3 aliphatic carbocycles. The Kier molecular flexibility index (Phi) is 5.42. The standard InChI is InChI=1S/C28H34O4/c1-4-14-28(30)15-13-24-23-11-7-19-16-20(29)8-12-22(19)25(23)26(32-17-27(24,28)2)18-5-9-21(31-3)10-6-18/h4-6,9-10,16,23-24,26,30H,1,7-8,11-15,17H2,2-3H3. The average Bonchev–Trinajstić information content (AvgIpc) is 2.96. The van der Waals surface area contributed by atoms with Crippen LogP contribution >= 0.6 is 0 Å². The fourth-order valence-electron chi connectivity index (χ4n) is 6.98. The Hall–Kier alpha value is -2.17. The van der Waals surface area contributed by atoms with Crippen molar-refractivity contribution < 1.29 is 19.4 Å². The van der Waals surface area contributed by atoms with Gasteiger partial charge in [-0.3, -0.25) is 4.79 Å². The number of carbonyl (C=O) groups is 1. The molecular weight excluding hydrogens is 400 g/mol. The minimum Gasteiger partial charge on any atom is -0.497 e. The molecule has 5 atom stereocenters. The SMILES string of the molecule is C=CCC1(O)CCC2C3CCC4=CC(=O)CCC4=C3C(c3ccc(OC)cc3)OCC21C. The van der Waals surface area contributed by atoms with Crippen LogP contribution in [0.1, 0.15) is 63.5 Å². The summed E-state index contributed by atoms with van der Waals surface area (Å²) in [6.07, 6.45) is 9.28. The Morgan fingerprint density at radius 2 is 2.00 bits per heavy atom. The van der Waals surface area contributed by atoms with Crippen molar-refractivity contribution in [3.05, 3.63) is 65.3 Å². The summed E-state index contributed by atoms with van der Waals surface area (Å²) in [7, 11) is 1.68. The average molecular weight is 435 g/mol. The van der Waals surface area contributed by atoms with Gasteiger partial charge < -0.3 is 14.6 Å². The molecule has 32 heavy (non-hydrogen) atoms. The number of ketones is 1. The molecule has 0 aromatic heterocycles. The molecule has 0 bridgehead atoms. The third-order valence-electron chi connectivity index (χ3n) is 8.79. The largest absolute Gasteiger partial charge is 0.497 e. The number of benzene rings is 1. The molecule has 170 valence electrons. The van der Waals surface area contributed by atoms with Gasteiger partial charge in [-0.1, -0.05) is 25.1 Å². The molecule has 1 aromatic rings. The number of rotatable bonds is 4. The minimum absolute atomic E-state index is 0.159. The Morgan fingerprint density at radius 3 is 2.72 bits per heavy atom. The lowest BCUT2D eigenvalue weighted by molar-refractivity contribution is -0.114. The van der Waals surface area contributed by atoms with E-state index in [-0.39, 0.29) is 17.3 Å². The highest BCUT2D eigenvalue weighted by Crippen LogP contribution is 2.62. The fraction of sp³-hybridized carbons (Fsp3) is 0.536. The van der Waals surface area contributed by atoms with Crippen LogP contribution in [0.2, 0.25) is 0 Å². The first-order valence-corrected chi connectivity index (χ1v) is 12.0. The van der Waals surface area contributed by atoms with E-state index in [9.17, 15) is 9.90 Å². The maximum atomic E-state index is 12.2. The Balaban J connectivity index is 1.65. The van der Waals surface area contributed by atoms with Crippen molar-refractivity contribution in [1.82, 2.24) is 0 Å². The predicted octanol–water partition coefficient (Wildman–Crippen LogP) is 5.49. The van der Waals surface area contributed by atoms with E-state index in [1.54, 1.807) is 7.11 Å². The van der Waals surface area contributed by atoms with Gasteiger partial charge in [-0.2, -0.15) is 0 Å². The lowest BCUT2D eigenvalue weighted by atomic mass is 9.61. The van der Waals surface area contributed by atoms with Gasteiger partial charge in [0.1, 0.15) is 11.9 Å². The fourth-order valence-corrected chi connectivity index (χ4v) is 6.98. The normalized spacial score (nSPS) is 36.5. The predicted molar refractivity (Wildman–Crippen MR) is 124 cm³/mol. The van der Waals surface area contributed by atoms with Gasteiger partial charge in [0, 0.05) is 11.8 Å². The lowest BCUT2D eigenvalue weighted by Gasteiger charge is -2.44. The molecule has 1 heterocycles. The molecule has 1 saturated carbocycles. The number of hydrogen-bond acceptors (Lipinski definition) is 4. The van der Waals surface area contributed by atoms with Crippen LogP contribution in [-0.2, 0) is 9.53 Å². The van der Waals surface area contributed by atoms with Crippen LogP contribution in [0, 0.1) is 17.3 Å². The molecule has 5 rings (SSSR count). The van der Waals surface area contributed by atoms with E-state index < -0.39 is 5.60 Å². The number of ether oxygens (including phenoxy) is 2. The first-order valence-electron chi connectivity index (χ1n) is 12.0. The van der Waals surface area contributed by atoms with Crippen LogP contribution in [0.4, 0.5) is 0 Å². The molecule has 1 aliphatic heterocycles. The third-order valence-corrected chi connectivity index (χ3v) is 8.79. The maximum absolute atomic E-state index is 12.2. The quantitative estimate of drug-likeness (QED) is 0.637. The summed E-state index contributed by atoms with van der Waals surface area (Å²) in [6, 6.07) is 8.17. The summed E-state index contributed by atoms with van der Waals surface area (Å²) in [5.41, 5.74) is 3.90. The molecule has 0 spiro atoms. The summed E-state index contributed by atoms with van der Waals surface area (Å²) in [4.78, 5) is 12.2. The number of hydrogen-bond donors (Lipinski definition) is 1. The van der Waals surface area contributed by atoms with Crippen LogP contribution in [0.5, 0.6) is 5.75 Å². The van der Waals surface area contributed by atoms with Gasteiger partial charge in [0.2, 0.25) is 0 Å². The van der Waals surface area contributed by atoms with Gasteiger partial charge in [0.25, 0.3) is 0 Å². The molecular formula is C28H34O4. The van der Waals surface area contributed by atoms with Gasteiger partial charge in [-0.15, -0.1) is 6.58 Å². The van der Waals surface area contributed by atoms with Crippen molar-refractivity contribution in [3.8, 4) is 5.75 Å². The van der Waals surface area contributed by atoms with Crippen molar-refractivity contribution in [2.45, 2.75) is 63.6 Å². The molecule has 4 nitrogen and oxygen atoms in total. The second-order valence-corrected chi connectivity index (χ2v) is 10.3. The zero-order valence-electron chi connectivity index (χ0n) is 19.2. The second kappa shape index (κ2) is 8.00. The summed E-state index contributed by atoms with van der Waals surface area (Å²) >= 11 is 0. The number of aliphatic hydroxyl groups is 1. The van der Waals surface area contributed by atoms with E-state index in [1.807, 2.05) is 24.3 Å². The van der Waals surface area contributed by atoms with Gasteiger partial charge in [-0.05, 0) is 90.9 Å². The first kappa shape index (κ1) is 21.7. The Bertz CT molecular complexity index is 987. The lowest BCUT2D eigenvalue weighted by Crippen LogP contribution is -2.48. The zero-order valence-corrected chi connectivity index (χ0v) is 19.2. The van der Waals surface area contributed by atoms with Crippen LogP contribution in [0.15, 0.2) is 59.7 Å². The molecule has 5 unspecified atom stereocenters. The van der Waals surface area contributed by atoms with E-state index in [1.165, 1.54) is 16.7 Å². The zero-order chi connectivity index (χ0) is 22.5. The van der Waals surface area contributed by atoms with E-state index in [2.05, 4.69) is 25.6 Å². The van der Waals surface area contributed by atoms with Crippen molar-refractivity contribution in [2.24, 2.45) is 17.3 Å². The third kappa shape index (κ3) is 3.22. The van der Waals surface area contributed by atoms with Crippen LogP contribution < -0.4 is 4.74 Å². The number of fused-ring (bicyclic) bond motifs is 4. The molecule has 2 fully saturated rings. The molecule has 4 aliphatic rings. The van der Waals surface area contributed by atoms with Gasteiger partial charge >= 0.3 is 0 Å². The minimum atomic E-state index is -0.789. The van der Waals surface area contributed by atoms with Crippen molar-refractivity contribution in [2.75, 3.05) is 13.7 Å². The topological polar surface area (TPSA) is 55.8 Å². The smallest absolute Gasteiger partial charge is 0.156 e. The van der Waals surface area contributed by atoms with Crippen molar-refractivity contribution in [1.29, 1.82) is 0 Å². The number of allylic oxidation sites excluding steroid dienone is 3. The Morgan fingerprint density at radius 1 is 1.22 bits per heavy atom. The van der Waals surface area contributed by atoms with Crippen molar-refractivity contribution in [3.63, 3.8) is 0 Å². The van der Waals surface area contributed by atoms with Gasteiger partial charge in [0.05, 0.1) is 19.3 Å². The number of methoxy groups -OCH3 is 1. The summed E-state index contributed by atoms with van der Waals surface area (Å²) in [6.45, 7) is 6.66. The molecule has 1 N–H and O–H groups in total. The van der Waals surface area contributed by atoms with Crippen molar-refractivity contribution >= 4 is 5.78 Å². The highest BCUT2D eigenvalue weighted by Gasteiger charge is 2.60. The van der Waals surface area contributed by atoms with Gasteiger partial charge in [-0.25, -0.2) is 0 Å². The Labute approximate surface area is 191 Å². The monoisotopic (exact) mass is 434 g/mol. The van der Waals surface area contributed by atoms with Crippen LogP contribution in [-0.4, -0.2) is 30.2 Å². The summed E-state index contributed by atoms with van der Waals surface area (Å²) in [5.74, 6) is 1.78. The summed E-state index contributed by atoms with van der Waals surface area (Å²) < 4.78 is 12.1. The van der Waals surface area contributed by atoms with Gasteiger partial charge in [0.15, 0.2) is 5.78 Å². The van der Waals surface area contributed by atoms with E-state index in [4.69, 9.17) is 9.47 Å². The van der Waals surface area contributed by atoms with E-state index in [0.717, 1.165) is 43.4 Å². The summed E-state index contributed by atoms with van der Waals surface area (Å²) in [5, 5.41) is 11.7. The first-order chi connectivity index (χ1) is 15.4. The van der Waals surface area contributed by atoms with Crippen LogP contribution in [0.25, 0.3) is 0 Å². The highest BCUT2D eigenvalue weighted by atomic mass is 16.5. The molecule has 1 saturated heterocycles. The molecule has 4 heteroatoms. The van der Waals surface area contributed by atoms with E-state index >= 15 is 0 Å². The molecule has 1 aromatic carbocycles. The van der Waals surface area contributed by atoms with Crippen LogP contribution in [0.3, 0.4) is 0 Å².